The molecule has 3 N–H and O–H groups in total. The highest BCUT2D eigenvalue weighted by atomic mass is 79.9. The largest absolute Gasteiger partial charge is 0.369 e. The zero-order chi connectivity index (χ0) is 9.42. The summed E-state index contributed by atoms with van der Waals surface area (Å²) < 4.78 is 2.42. The topological polar surface area (TPSA) is 72.9 Å². The molecule has 0 unspecified atom stereocenters. The minimum atomic E-state index is -0.504. The van der Waals surface area contributed by atoms with Crippen molar-refractivity contribution in [3.05, 3.63) is 10.2 Å². The number of nitrogens with two attached hydrogens (primary N) is 1. The first kappa shape index (κ1) is 8.55. The Morgan fingerprint density at radius 1 is 1.69 bits per heavy atom. The van der Waals surface area contributed by atoms with Gasteiger partial charge in [0.15, 0.2) is 5.69 Å². The molecule has 5 nitrogen and oxygen atoms in total. The van der Waals surface area contributed by atoms with Crippen molar-refractivity contribution in [3.63, 3.8) is 0 Å². The van der Waals surface area contributed by atoms with Crippen LogP contribution < -0.4 is 11.1 Å². The Bertz CT molecular complexity index is 360. The summed E-state index contributed by atoms with van der Waals surface area (Å²) in [7, 11) is 0. The fourth-order valence-corrected chi connectivity index (χ4v) is 1.98. The molecular weight excluding hydrogens is 236 g/mol. The standard InChI is InChI=1S/C7H9BrN4O/c8-4-5(6(9)13)11-12-3-1-2-10-7(4)12/h10H,1-3H2,(H2,9,13). The number of primary amides is 1. The van der Waals surface area contributed by atoms with Gasteiger partial charge in [0.05, 0.1) is 4.47 Å². The zero-order valence-electron chi connectivity index (χ0n) is 6.88. The first-order valence-corrected chi connectivity index (χ1v) is 4.79. The third kappa shape index (κ3) is 1.31. The summed E-state index contributed by atoms with van der Waals surface area (Å²) >= 11 is 3.29. The summed E-state index contributed by atoms with van der Waals surface area (Å²) in [6.45, 7) is 1.73. The number of nitrogens with zero attached hydrogens (tertiary/aromatic N) is 2. The number of hydrogen-bond donors (Lipinski definition) is 2. The van der Waals surface area contributed by atoms with Crippen LogP contribution in [0.4, 0.5) is 5.82 Å². The van der Waals surface area contributed by atoms with Crippen molar-refractivity contribution in [2.24, 2.45) is 5.73 Å². The molecule has 1 aromatic heterocycles. The van der Waals surface area contributed by atoms with Crippen LogP contribution in [0.25, 0.3) is 0 Å². The number of halogens is 1. The van der Waals surface area contributed by atoms with Crippen molar-refractivity contribution >= 4 is 27.7 Å². The molecule has 0 radical (unpaired) electrons. The number of amides is 1. The lowest BCUT2D eigenvalue weighted by Crippen LogP contribution is -2.18. The molecule has 2 rings (SSSR count). The lowest BCUT2D eigenvalue weighted by molar-refractivity contribution is 0.0994. The Hall–Kier alpha value is -1.04. The van der Waals surface area contributed by atoms with E-state index in [1.165, 1.54) is 0 Å². The number of nitrogens with one attached hydrogen (secondary N) is 1. The van der Waals surface area contributed by atoms with Crippen LogP contribution >= 0.6 is 15.9 Å². The van der Waals surface area contributed by atoms with Crippen LogP contribution in [0.5, 0.6) is 0 Å². The van der Waals surface area contributed by atoms with E-state index >= 15 is 0 Å². The monoisotopic (exact) mass is 244 g/mol. The average Bonchev–Trinajstić information content (AvgIpc) is 2.45. The number of hydrogen-bond acceptors (Lipinski definition) is 3. The van der Waals surface area contributed by atoms with Gasteiger partial charge in [-0.1, -0.05) is 0 Å². The molecule has 0 bridgehead atoms. The molecule has 0 aromatic carbocycles. The molecule has 0 fully saturated rings. The molecule has 13 heavy (non-hydrogen) atoms. The van der Waals surface area contributed by atoms with Crippen LogP contribution in [0.1, 0.15) is 16.9 Å². The number of carbonyl (C=O) groups excluding carboxylic acids is 1. The summed E-state index contributed by atoms with van der Waals surface area (Å²) in [4.78, 5) is 10.9. The molecule has 70 valence electrons. The lowest BCUT2D eigenvalue weighted by Gasteiger charge is -2.15. The number of anilines is 1. The highest BCUT2D eigenvalue weighted by Crippen LogP contribution is 2.28. The fourth-order valence-electron chi connectivity index (χ4n) is 1.36. The van der Waals surface area contributed by atoms with E-state index in [2.05, 4.69) is 26.3 Å². The number of aryl methyl sites for hydroxylation is 1. The van der Waals surface area contributed by atoms with E-state index in [9.17, 15) is 4.79 Å². The van der Waals surface area contributed by atoms with Gasteiger partial charge in [-0.2, -0.15) is 5.10 Å². The molecule has 0 atom stereocenters. The quantitative estimate of drug-likeness (QED) is 0.759. The second-order valence-electron chi connectivity index (χ2n) is 2.88. The maximum Gasteiger partial charge on any atom is 0.270 e. The molecular formula is C7H9BrN4O. The van der Waals surface area contributed by atoms with E-state index in [0.29, 0.717) is 10.2 Å². The number of aromatic nitrogens is 2. The highest BCUT2D eigenvalue weighted by Gasteiger charge is 2.20. The minimum Gasteiger partial charge on any atom is -0.369 e. The van der Waals surface area contributed by atoms with E-state index in [1.807, 2.05) is 0 Å². The van der Waals surface area contributed by atoms with E-state index in [1.54, 1.807) is 4.68 Å². The Balaban J connectivity index is 2.50. The van der Waals surface area contributed by atoms with E-state index in [0.717, 1.165) is 25.3 Å². The van der Waals surface area contributed by atoms with Gasteiger partial charge in [0.25, 0.3) is 5.91 Å². The van der Waals surface area contributed by atoms with Crippen molar-refractivity contribution in [1.29, 1.82) is 0 Å². The Morgan fingerprint density at radius 2 is 2.46 bits per heavy atom. The molecule has 0 saturated heterocycles. The van der Waals surface area contributed by atoms with Gasteiger partial charge in [-0.05, 0) is 22.4 Å². The summed E-state index contributed by atoms with van der Waals surface area (Å²) in [6.07, 6.45) is 1.01. The van der Waals surface area contributed by atoms with Gasteiger partial charge in [0, 0.05) is 13.1 Å². The molecule has 0 saturated carbocycles. The Kier molecular flexibility index (Phi) is 1.99. The molecule has 0 spiro atoms. The molecule has 6 heteroatoms. The fraction of sp³-hybridized carbons (Fsp3) is 0.429. The zero-order valence-corrected chi connectivity index (χ0v) is 8.47. The van der Waals surface area contributed by atoms with Gasteiger partial charge in [-0.25, -0.2) is 4.68 Å². The first-order chi connectivity index (χ1) is 6.20. The van der Waals surface area contributed by atoms with Gasteiger partial charge < -0.3 is 11.1 Å². The predicted octanol–water partition coefficient (Wildman–Crippen LogP) is 0.560. The van der Waals surface area contributed by atoms with E-state index in [-0.39, 0.29) is 0 Å². The van der Waals surface area contributed by atoms with Crippen molar-refractivity contribution in [3.8, 4) is 0 Å². The molecule has 2 heterocycles. The van der Waals surface area contributed by atoms with Crippen LogP contribution in [-0.4, -0.2) is 22.2 Å². The van der Waals surface area contributed by atoms with Gasteiger partial charge >= 0.3 is 0 Å². The third-order valence-corrected chi connectivity index (χ3v) is 2.72. The Morgan fingerprint density at radius 3 is 3.08 bits per heavy atom. The lowest BCUT2D eigenvalue weighted by atomic mass is 10.3. The van der Waals surface area contributed by atoms with Gasteiger partial charge in [-0.3, -0.25) is 4.79 Å². The maximum atomic E-state index is 10.9. The Labute approximate surface area is 83.4 Å². The average molecular weight is 245 g/mol. The molecule has 1 aromatic rings. The van der Waals surface area contributed by atoms with Crippen molar-refractivity contribution in [2.75, 3.05) is 11.9 Å². The van der Waals surface area contributed by atoms with E-state index in [4.69, 9.17) is 5.73 Å². The van der Waals surface area contributed by atoms with Gasteiger partial charge in [-0.15, -0.1) is 0 Å². The van der Waals surface area contributed by atoms with Crippen LogP contribution in [0, 0.1) is 0 Å². The van der Waals surface area contributed by atoms with E-state index < -0.39 is 5.91 Å². The minimum absolute atomic E-state index is 0.296. The van der Waals surface area contributed by atoms with Gasteiger partial charge in [0.2, 0.25) is 0 Å². The predicted molar refractivity (Wildman–Crippen MR) is 51.6 cm³/mol. The van der Waals surface area contributed by atoms with Crippen LogP contribution in [0.15, 0.2) is 4.47 Å². The highest BCUT2D eigenvalue weighted by molar-refractivity contribution is 9.10. The van der Waals surface area contributed by atoms with Crippen LogP contribution in [-0.2, 0) is 6.54 Å². The smallest absolute Gasteiger partial charge is 0.270 e. The summed E-state index contributed by atoms with van der Waals surface area (Å²) in [6, 6.07) is 0. The summed E-state index contributed by atoms with van der Waals surface area (Å²) in [5, 5.41) is 7.23. The first-order valence-electron chi connectivity index (χ1n) is 4.00. The normalized spacial score (nSPS) is 14.8. The van der Waals surface area contributed by atoms with Crippen molar-refractivity contribution < 1.29 is 4.79 Å². The summed E-state index contributed by atoms with van der Waals surface area (Å²) in [5.74, 6) is 0.343. The van der Waals surface area contributed by atoms with Gasteiger partial charge in [0.1, 0.15) is 5.82 Å². The maximum absolute atomic E-state index is 10.9. The summed E-state index contributed by atoms with van der Waals surface area (Å²) in [5.41, 5.74) is 5.45. The number of carbonyl (C=O) groups is 1. The van der Waals surface area contributed by atoms with Crippen molar-refractivity contribution in [1.82, 2.24) is 9.78 Å². The van der Waals surface area contributed by atoms with Crippen molar-refractivity contribution in [2.45, 2.75) is 13.0 Å². The number of rotatable bonds is 1. The second-order valence-corrected chi connectivity index (χ2v) is 3.67. The van der Waals surface area contributed by atoms with Crippen LogP contribution in [0.2, 0.25) is 0 Å². The third-order valence-electron chi connectivity index (χ3n) is 1.97. The number of fused-ring (bicyclic) bond motifs is 1. The SMILES string of the molecule is NC(=O)c1nn2c(c1Br)NCCC2. The molecule has 1 aliphatic heterocycles. The van der Waals surface area contributed by atoms with Crippen LogP contribution in [0.3, 0.4) is 0 Å². The molecule has 1 amide bonds. The molecule has 0 aliphatic carbocycles. The molecule has 1 aliphatic rings. The second kappa shape index (κ2) is 3.02.